The van der Waals surface area contributed by atoms with E-state index in [2.05, 4.69) is 31.8 Å². The number of benzene rings is 3. The average Bonchev–Trinajstić information content (AvgIpc) is 3.30. The molecule has 34 heavy (non-hydrogen) atoms. The van der Waals surface area contributed by atoms with Gasteiger partial charge in [-0.15, -0.1) is 0 Å². The largest absolute Gasteiger partial charge is 0.506 e. The molecule has 0 aliphatic carbocycles. The predicted molar refractivity (Wildman–Crippen MR) is 139 cm³/mol. The van der Waals surface area contributed by atoms with Gasteiger partial charge in [-0.05, 0) is 70.6 Å². The molecule has 1 aliphatic rings. The van der Waals surface area contributed by atoms with Gasteiger partial charge in [0.25, 0.3) is 11.8 Å². The first-order valence-corrected chi connectivity index (χ1v) is 11.8. The molecule has 0 unspecified atom stereocenters. The Morgan fingerprint density at radius 1 is 1.06 bits per heavy atom. The quantitative estimate of drug-likeness (QED) is 0.161. The van der Waals surface area contributed by atoms with Gasteiger partial charge in [-0.1, -0.05) is 40.2 Å². The molecule has 0 aromatic heterocycles. The van der Waals surface area contributed by atoms with Gasteiger partial charge < -0.3 is 19.9 Å². The summed E-state index contributed by atoms with van der Waals surface area (Å²) in [6.45, 7) is 0.122. The average molecular weight is 634 g/mol. The van der Waals surface area contributed by atoms with Gasteiger partial charge in [-0.3, -0.25) is 9.59 Å². The van der Waals surface area contributed by atoms with Crippen LogP contribution in [0.4, 0.5) is 0 Å². The van der Waals surface area contributed by atoms with Crippen molar-refractivity contribution in [3.63, 3.8) is 0 Å². The highest BCUT2D eigenvalue weighted by molar-refractivity contribution is 14.1. The Balaban J connectivity index is 1.58. The highest BCUT2D eigenvalue weighted by atomic mass is 127. The highest BCUT2D eigenvalue weighted by Gasteiger charge is 2.17. The summed E-state index contributed by atoms with van der Waals surface area (Å²) in [4.78, 5) is 25.6. The van der Waals surface area contributed by atoms with E-state index >= 15 is 0 Å². The summed E-state index contributed by atoms with van der Waals surface area (Å²) < 4.78 is 12.1. The van der Waals surface area contributed by atoms with E-state index in [4.69, 9.17) is 9.47 Å². The predicted octanol–water partition coefficient (Wildman–Crippen LogP) is 4.41. The topological polar surface area (TPSA) is 109 Å². The Hall–Kier alpha value is -3.38. The molecule has 0 radical (unpaired) electrons. The third-order valence-electron chi connectivity index (χ3n) is 4.66. The molecule has 0 atom stereocenters. The zero-order chi connectivity index (χ0) is 24.1. The number of aromatic hydroxyl groups is 1. The summed E-state index contributed by atoms with van der Waals surface area (Å²) in [6.07, 6.45) is 2.82. The van der Waals surface area contributed by atoms with Crippen LogP contribution in [0.25, 0.3) is 6.08 Å². The molecule has 1 heterocycles. The minimum absolute atomic E-state index is 0.0297. The van der Waals surface area contributed by atoms with Crippen LogP contribution in [0.5, 0.6) is 17.2 Å². The number of halogens is 2. The SMILES string of the molecule is O=C(N/N=C\c1cc(Br)cc(I)c1O)/C(=C\c1ccc2c(c1)OCO2)NC(=O)c1ccccc1. The molecule has 0 spiro atoms. The van der Waals surface area contributed by atoms with Gasteiger partial charge in [0, 0.05) is 15.6 Å². The number of hydrogen-bond acceptors (Lipinski definition) is 6. The number of phenolic OH excluding ortho intramolecular Hbond substituents is 1. The number of nitrogens with zero attached hydrogens (tertiary/aromatic N) is 1. The third kappa shape index (κ3) is 5.75. The number of phenols is 1. The van der Waals surface area contributed by atoms with E-state index in [-0.39, 0.29) is 18.2 Å². The molecule has 0 saturated carbocycles. The van der Waals surface area contributed by atoms with E-state index in [9.17, 15) is 14.7 Å². The first-order chi connectivity index (χ1) is 16.4. The fourth-order valence-corrected chi connectivity index (χ4v) is 4.57. The second kappa shape index (κ2) is 10.7. The molecule has 0 saturated heterocycles. The van der Waals surface area contributed by atoms with Crippen molar-refractivity contribution in [3.05, 3.63) is 91.1 Å². The molecular weight excluding hydrogens is 617 g/mol. The number of carbonyl (C=O) groups excluding carboxylic acids is 2. The highest BCUT2D eigenvalue weighted by Crippen LogP contribution is 2.33. The minimum Gasteiger partial charge on any atom is -0.506 e. The van der Waals surface area contributed by atoms with Crippen molar-refractivity contribution in [2.75, 3.05) is 6.79 Å². The van der Waals surface area contributed by atoms with Crippen LogP contribution in [0.1, 0.15) is 21.5 Å². The van der Waals surface area contributed by atoms with E-state index in [1.54, 1.807) is 60.7 Å². The van der Waals surface area contributed by atoms with Crippen LogP contribution >= 0.6 is 38.5 Å². The van der Waals surface area contributed by atoms with Crippen LogP contribution in [-0.4, -0.2) is 29.9 Å². The van der Waals surface area contributed by atoms with Gasteiger partial charge in [0.1, 0.15) is 11.4 Å². The van der Waals surface area contributed by atoms with Crippen molar-refractivity contribution in [3.8, 4) is 17.2 Å². The van der Waals surface area contributed by atoms with Crippen molar-refractivity contribution < 1.29 is 24.2 Å². The lowest BCUT2D eigenvalue weighted by atomic mass is 10.1. The summed E-state index contributed by atoms with van der Waals surface area (Å²) in [6, 6.07) is 17.1. The maximum Gasteiger partial charge on any atom is 0.287 e. The molecular formula is C24H17BrIN3O5. The normalized spacial score (nSPS) is 12.6. The Bertz CT molecular complexity index is 1310. The van der Waals surface area contributed by atoms with Crippen LogP contribution in [0, 0.1) is 3.57 Å². The molecule has 0 bridgehead atoms. The number of nitrogens with one attached hydrogen (secondary N) is 2. The maximum absolute atomic E-state index is 12.9. The van der Waals surface area contributed by atoms with Gasteiger partial charge in [0.05, 0.1) is 9.78 Å². The molecule has 10 heteroatoms. The maximum atomic E-state index is 12.9. The number of hydrogen-bond donors (Lipinski definition) is 3. The van der Waals surface area contributed by atoms with Crippen molar-refractivity contribution >= 4 is 62.6 Å². The van der Waals surface area contributed by atoms with Crippen LogP contribution in [0.2, 0.25) is 0 Å². The van der Waals surface area contributed by atoms with E-state index in [0.717, 1.165) is 4.47 Å². The fraction of sp³-hybridized carbons (Fsp3) is 0.0417. The van der Waals surface area contributed by atoms with Crippen molar-refractivity contribution in [2.24, 2.45) is 5.10 Å². The standard InChI is InChI=1S/C24H17BrIN3O5/c25-17-10-16(22(30)18(26)11-17)12-27-29-24(32)19(28-23(31)15-4-2-1-3-5-15)8-14-6-7-20-21(9-14)34-13-33-20/h1-12,30H,13H2,(H,28,31)(H,29,32)/b19-8+,27-12-. The lowest BCUT2D eigenvalue weighted by Crippen LogP contribution is -2.32. The first-order valence-electron chi connectivity index (χ1n) is 9.90. The van der Waals surface area contributed by atoms with Crippen molar-refractivity contribution in [1.82, 2.24) is 10.7 Å². The fourth-order valence-electron chi connectivity index (χ4n) is 3.02. The van der Waals surface area contributed by atoms with Crippen LogP contribution in [-0.2, 0) is 4.79 Å². The van der Waals surface area contributed by atoms with Crippen molar-refractivity contribution in [1.29, 1.82) is 0 Å². The summed E-state index contributed by atoms with van der Waals surface area (Å²) in [5.41, 5.74) is 3.78. The Morgan fingerprint density at radius 2 is 1.82 bits per heavy atom. The van der Waals surface area contributed by atoms with E-state index in [0.29, 0.717) is 31.8 Å². The van der Waals surface area contributed by atoms with Gasteiger partial charge in [-0.2, -0.15) is 5.10 Å². The van der Waals surface area contributed by atoms with Crippen LogP contribution < -0.4 is 20.2 Å². The van der Waals surface area contributed by atoms with Gasteiger partial charge in [0.15, 0.2) is 11.5 Å². The molecule has 3 aromatic rings. The summed E-state index contributed by atoms with van der Waals surface area (Å²) in [7, 11) is 0. The summed E-state index contributed by atoms with van der Waals surface area (Å²) in [5.74, 6) is 0.0776. The Labute approximate surface area is 216 Å². The van der Waals surface area contributed by atoms with Gasteiger partial charge >= 0.3 is 0 Å². The zero-order valence-corrected chi connectivity index (χ0v) is 21.2. The minimum atomic E-state index is -0.651. The molecule has 8 nitrogen and oxygen atoms in total. The molecule has 3 aromatic carbocycles. The Morgan fingerprint density at radius 3 is 2.62 bits per heavy atom. The van der Waals surface area contributed by atoms with Crippen molar-refractivity contribution in [2.45, 2.75) is 0 Å². The van der Waals surface area contributed by atoms with E-state index in [1.165, 1.54) is 12.3 Å². The van der Waals surface area contributed by atoms with E-state index in [1.807, 2.05) is 22.6 Å². The summed E-state index contributed by atoms with van der Waals surface area (Å²) >= 11 is 5.35. The molecule has 2 amide bonds. The smallest absolute Gasteiger partial charge is 0.287 e. The molecule has 1 aliphatic heterocycles. The molecule has 0 fully saturated rings. The van der Waals surface area contributed by atoms with Crippen LogP contribution in [0.15, 0.2) is 75.9 Å². The molecule has 4 rings (SSSR count). The van der Waals surface area contributed by atoms with Gasteiger partial charge in [-0.25, -0.2) is 5.43 Å². The summed E-state index contributed by atoms with van der Waals surface area (Å²) in [5, 5.41) is 16.8. The molecule has 3 N–H and O–H groups in total. The van der Waals surface area contributed by atoms with E-state index < -0.39 is 11.8 Å². The van der Waals surface area contributed by atoms with Crippen LogP contribution in [0.3, 0.4) is 0 Å². The monoisotopic (exact) mass is 633 g/mol. The first kappa shape index (κ1) is 23.8. The lowest BCUT2D eigenvalue weighted by Gasteiger charge is -2.10. The number of hydrazone groups is 1. The Kier molecular flexibility index (Phi) is 7.48. The number of carbonyl (C=O) groups is 2. The number of rotatable bonds is 6. The number of fused-ring (bicyclic) bond motifs is 1. The lowest BCUT2D eigenvalue weighted by molar-refractivity contribution is -0.117. The number of ether oxygens (including phenoxy) is 2. The second-order valence-corrected chi connectivity index (χ2v) is 9.09. The zero-order valence-electron chi connectivity index (χ0n) is 17.4. The van der Waals surface area contributed by atoms with Gasteiger partial charge in [0.2, 0.25) is 6.79 Å². The third-order valence-corrected chi connectivity index (χ3v) is 5.94. The molecule has 172 valence electrons. The second-order valence-electron chi connectivity index (χ2n) is 7.02. The number of amides is 2.